The average Bonchev–Trinajstić information content (AvgIpc) is 3.57. The Balaban J connectivity index is 1.33. The van der Waals surface area contributed by atoms with Gasteiger partial charge in [-0.1, -0.05) is 17.7 Å². The normalized spacial score (nSPS) is 22.3. The van der Waals surface area contributed by atoms with Crippen LogP contribution >= 0.6 is 11.6 Å². The second kappa shape index (κ2) is 7.67. The third-order valence-corrected chi connectivity index (χ3v) is 7.47. The fraction of sp³-hybridized carbons (Fsp3) is 0.333. The Hall–Kier alpha value is -3.66. The number of halogens is 2. The van der Waals surface area contributed by atoms with Gasteiger partial charge in [-0.15, -0.1) is 0 Å². The van der Waals surface area contributed by atoms with Gasteiger partial charge in [-0.2, -0.15) is 5.10 Å². The molecule has 6 rings (SSSR count). The lowest BCUT2D eigenvalue weighted by Crippen LogP contribution is -2.53. The Morgan fingerprint density at radius 2 is 2.06 bits per heavy atom. The van der Waals surface area contributed by atoms with Gasteiger partial charge in [0.15, 0.2) is 11.4 Å². The summed E-state index contributed by atoms with van der Waals surface area (Å²) in [6.07, 6.45) is 6.78. The summed E-state index contributed by atoms with van der Waals surface area (Å²) >= 11 is 6.05. The van der Waals surface area contributed by atoms with Gasteiger partial charge in [-0.05, 0) is 49.4 Å². The topological polar surface area (TPSA) is 115 Å². The smallest absolute Gasteiger partial charge is 0.412 e. The maximum Gasteiger partial charge on any atom is 0.412 e. The first kappa shape index (κ1) is 21.8. The van der Waals surface area contributed by atoms with Crippen molar-refractivity contribution in [3.05, 3.63) is 70.4 Å². The summed E-state index contributed by atoms with van der Waals surface area (Å²) in [5.41, 5.74) is 6.36. The number of nitrogen functional groups attached to an aromatic ring is 1. The molecule has 1 saturated carbocycles. The molecule has 11 heteroatoms. The number of fused-ring (bicyclic) bond motifs is 2. The molecule has 3 aliphatic rings. The lowest BCUT2D eigenvalue weighted by atomic mass is 9.83. The van der Waals surface area contributed by atoms with Crippen LogP contribution in [0.5, 0.6) is 0 Å². The maximum atomic E-state index is 15.2. The van der Waals surface area contributed by atoms with E-state index in [0.29, 0.717) is 19.4 Å². The molecule has 35 heavy (non-hydrogen) atoms. The van der Waals surface area contributed by atoms with Gasteiger partial charge in [-0.3, -0.25) is 15.1 Å². The zero-order valence-electron chi connectivity index (χ0n) is 18.6. The first-order valence-electron chi connectivity index (χ1n) is 11.4. The van der Waals surface area contributed by atoms with Crippen molar-refractivity contribution in [1.29, 1.82) is 0 Å². The van der Waals surface area contributed by atoms with Crippen LogP contribution in [-0.4, -0.2) is 44.8 Å². The highest BCUT2D eigenvalue weighted by Crippen LogP contribution is 2.50. The van der Waals surface area contributed by atoms with E-state index in [1.165, 1.54) is 17.2 Å². The molecule has 3 N–H and O–H groups in total. The third kappa shape index (κ3) is 3.27. The molecule has 4 heterocycles. The van der Waals surface area contributed by atoms with Crippen LogP contribution in [0.4, 0.5) is 20.7 Å². The minimum atomic E-state index is -1.35. The first-order chi connectivity index (χ1) is 16.8. The van der Waals surface area contributed by atoms with E-state index >= 15 is 4.39 Å². The van der Waals surface area contributed by atoms with Crippen molar-refractivity contribution in [3.8, 4) is 0 Å². The molecule has 2 aliphatic heterocycles. The maximum absolute atomic E-state index is 15.2. The molecule has 2 amide bonds. The largest absolute Gasteiger partial charge is 0.436 e. The molecule has 0 unspecified atom stereocenters. The number of piperidine rings is 1. The molecular weight excluding hydrogens is 475 g/mol. The number of aromatic nitrogens is 3. The van der Waals surface area contributed by atoms with Gasteiger partial charge in [0.1, 0.15) is 11.4 Å². The number of pyridine rings is 1. The van der Waals surface area contributed by atoms with Crippen LogP contribution in [0, 0.1) is 5.82 Å². The number of carbonyl (C=O) groups excluding carboxylic acids is 2. The highest BCUT2D eigenvalue weighted by molar-refractivity contribution is 6.31. The second-order valence-electron chi connectivity index (χ2n) is 9.25. The fourth-order valence-corrected chi connectivity index (χ4v) is 5.52. The van der Waals surface area contributed by atoms with Gasteiger partial charge in [0, 0.05) is 18.9 Å². The van der Waals surface area contributed by atoms with E-state index in [-0.39, 0.29) is 40.1 Å². The molecule has 1 spiro atoms. The predicted octanol–water partition coefficient (Wildman–Crippen LogP) is 3.88. The van der Waals surface area contributed by atoms with Crippen LogP contribution in [0.15, 0.2) is 42.9 Å². The Morgan fingerprint density at radius 3 is 2.80 bits per heavy atom. The van der Waals surface area contributed by atoms with Crippen molar-refractivity contribution in [2.75, 3.05) is 24.1 Å². The summed E-state index contributed by atoms with van der Waals surface area (Å²) in [5.74, 6) is -0.765. The summed E-state index contributed by atoms with van der Waals surface area (Å²) in [5, 5.41) is 6.91. The van der Waals surface area contributed by atoms with E-state index in [9.17, 15) is 9.59 Å². The molecule has 0 bridgehead atoms. The summed E-state index contributed by atoms with van der Waals surface area (Å²) in [7, 11) is 0. The SMILES string of the molecule is Nc1c(C(=O)N2CCC[C@@]3(C2)OC(=O)Nc2ccc(Cl)c(F)c23)cnn1C1(c2cccnc2)CC1. The average molecular weight is 497 g/mol. The van der Waals surface area contributed by atoms with Crippen LogP contribution in [-0.2, 0) is 15.9 Å². The number of carbonyl (C=O) groups is 2. The molecule has 3 aromatic rings. The van der Waals surface area contributed by atoms with E-state index in [0.717, 1.165) is 18.4 Å². The molecule has 2 fully saturated rings. The third-order valence-electron chi connectivity index (χ3n) is 7.18. The number of nitrogens with one attached hydrogen (secondary N) is 1. The van der Waals surface area contributed by atoms with Gasteiger partial charge < -0.3 is 15.4 Å². The number of hydrogen-bond acceptors (Lipinski definition) is 6. The van der Waals surface area contributed by atoms with Gasteiger partial charge in [0.05, 0.1) is 34.6 Å². The summed E-state index contributed by atoms with van der Waals surface area (Å²) in [4.78, 5) is 31.7. The van der Waals surface area contributed by atoms with Gasteiger partial charge in [0.25, 0.3) is 5.91 Å². The number of rotatable bonds is 3. The summed E-state index contributed by atoms with van der Waals surface area (Å²) in [6, 6.07) is 6.75. The lowest BCUT2D eigenvalue weighted by molar-refractivity contribution is -0.0418. The molecule has 2 aromatic heterocycles. The number of anilines is 2. The summed E-state index contributed by atoms with van der Waals surface area (Å²) in [6.45, 7) is 0.378. The molecule has 0 radical (unpaired) electrons. The highest BCUT2D eigenvalue weighted by Gasteiger charge is 2.51. The van der Waals surface area contributed by atoms with Crippen LogP contribution < -0.4 is 11.1 Å². The quantitative estimate of drug-likeness (QED) is 0.568. The number of ether oxygens (including phenoxy) is 1. The zero-order valence-corrected chi connectivity index (χ0v) is 19.4. The van der Waals surface area contributed by atoms with Crippen molar-refractivity contribution in [2.24, 2.45) is 0 Å². The Labute approximate surface area is 205 Å². The monoisotopic (exact) mass is 496 g/mol. The Bertz CT molecular complexity index is 1360. The minimum Gasteiger partial charge on any atom is -0.436 e. The van der Waals surface area contributed by atoms with E-state index in [1.807, 2.05) is 12.1 Å². The van der Waals surface area contributed by atoms with Crippen LogP contribution in [0.2, 0.25) is 5.02 Å². The predicted molar refractivity (Wildman–Crippen MR) is 126 cm³/mol. The molecule has 1 aliphatic carbocycles. The van der Waals surface area contributed by atoms with E-state index in [4.69, 9.17) is 22.1 Å². The minimum absolute atomic E-state index is 0.0259. The van der Waals surface area contributed by atoms with Crippen LogP contribution in [0.3, 0.4) is 0 Å². The molecule has 9 nitrogen and oxygen atoms in total. The van der Waals surface area contributed by atoms with Gasteiger partial charge in [-0.25, -0.2) is 13.9 Å². The second-order valence-corrected chi connectivity index (χ2v) is 9.66. The summed E-state index contributed by atoms with van der Waals surface area (Å²) < 4.78 is 22.5. The van der Waals surface area contributed by atoms with Crippen LogP contribution in [0.1, 0.15) is 47.2 Å². The van der Waals surface area contributed by atoms with E-state index < -0.39 is 23.1 Å². The number of hydrogen-bond donors (Lipinski definition) is 2. The van der Waals surface area contributed by atoms with Gasteiger partial charge >= 0.3 is 6.09 Å². The molecule has 180 valence electrons. The molecule has 1 atom stereocenters. The number of nitrogens with zero attached hydrogens (tertiary/aromatic N) is 4. The fourth-order valence-electron chi connectivity index (χ4n) is 5.36. The first-order valence-corrected chi connectivity index (χ1v) is 11.7. The van der Waals surface area contributed by atoms with Crippen molar-refractivity contribution >= 4 is 35.1 Å². The standard InChI is InChI=1S/C24H22ClFN6O3/c25-16-4-5-17-18(19(16)26)24(35-22(34)30-17)6-2-10-31(13-24)21(33)15-12-29-32(20(15)27)23(7-8-23)14-3-1-9-28-11-14/h1,3-5,9,11-12H,2,6-8,10,13,27H2,(H,30,34)/t24-/m0/s1. The lowest BCUT2D eigenvalue weighted by Gasteiger charge is -2.45. The number of benzene rings is 1. The highest BCUT2D eigenvalue weighted by atomic mass is 35.5. The number of amides is 2. The Kier molecular flexibility index (Phi) is 4.79. The van der Waals surface area contributed by atoms with E-state index in [1.54, 1.807) is 23.1 Å². The molecular formula is C24H22ClFN6O3. The number of likely N-dealkylation sites (tertiary alicyclic amines) is 1. The zero-order chi connectivity index (χ0) is 24.4. The van der Waals surface area contributed by atoms with Crippen molar-refractivity contribution < 1.29 is 18.7 Å². The van der Waals surface area contributed by atoms with Gasteiger partial charge in [0.2, 0.25) is 0 Å². The Morgan fingerprint density at radius 1 is 1.23 bits per heavy atom. The van der Waals surface area contributed by atoms with Crippen molar-refractivity contribution in [3.63, 3.8) is 0 Å². The van der Waals surface area contributed by atoms with Crippen LogP contribution in [0.25, 0.3) is 0 Å². The molecule has 1 saturated heterocycles. The molecule has 1 aromatic carbocycles. The van der Waals surface area contributed by atoms with Crippen molar-refractivity contribution in [1.82, 2.24) is 19.7 Å². The number of nitrogens with two attached hydrogens (primary N) is 1. The van der Waals surface area contributed by atoms with E-state index in [2.05, 4.69) is 15.4 Å². The van der Waals surface area contributed by atoms with Crippen molar-refractivity contribution in [2.45, 2.75) is 36.8 Å².